The second kappa shape index (κ2) is 10.5. The fraction of sp³-hybridized carbons (Fsp3) is 0.688. The lowest BCUT2D eigenvalue weighted by Crippen LogP contribution is -2.20. The van der Waals surface area contributed by atoms with Crippen LogP contribution in [0.1, 0.15) is 25.1 Å². The van der Waals surface area contributed by atoms with E-state index in [0.717, 1.165) is 30.1 Å². The Morgan fingerprint density at radius 3 is 2.67 bits per heavy atom. The van der Waals surface area contributed by atoms with Gasteiger partial charge >= 0.3 is 0 Å². The van der Waals surface area contributed by atoms with Crippen LogP contribution in [0.3, 0.4) is 0 Å². The molecule has 1 aromatic rings. The van der Waals surface area contributed by atoms with Gasteiger partial charge in [-0.3, -0.25) is 4.98 Å². The van der Waals surface area contributed by atoms with Gasteiger partial charge in [0.05, 0.1) is 19.8 Å². The molecule has 1 N–H and O–H groups in total. The largest absolute Gasteiger partial charge is 0.491 e. The highest BCUT2D eigenvalue weighted by atomic mass is 16.5. The van der Waals surface area contributed by atoms with Gasteiger partial charge in [-0.05, 0) is 19.4 Å². The standard InChI is InChI=1S/C16H28N2O3/c1-13(2)10-17-11-15-12-18-14(3)9-16(15)21-8-7-20-6-5-19-4/h9,12-13,17H,5-8,10-11H2,1-4H3. The molecule has 0 aliphatic heterocycles. The SMILES string of the molecule is COCCOCCOc1cc(C)ncc1CNCC(C)C. The first-order valence-corrected chi connectivity index (χ1v) is 7.49. The molecule has 5 heteroatoms. The quantitative estimate of drug-likeness (QED) is 0.634. The summed E-state index contributed by atoms with van der Waals surface area (Å²) in [7, 11) is 1.66. The van der Waals surface area contributed by atoms with E-state index in [2.05, 4.69) is 24.1 Å². The number of hydrogen-bond donors (Lipinski definition) is 1. The summed E-state index contributed by atoms with van der Waals surface area (Å²) in [6, 6.07) is 1.97. The van der Waals surface area contributed by atoms with Gasteiger partial charge in [-0.1, -0.05) is 13.8 Å². The second-order valence-electron chi connectivity index (χ2n) is 5.41. The van der Waals surface area contributed by atoms with Crippen LogP contribution in [0, 0.1) is 12.8 Å². The highest BCUT2D eigenvalue weighted by Crippen LogP contribution is 2.18. The number of aryl methyl sites for hydroxylation is 1. The fourth-order valence-corrected chi connectivity index (χ4v) is 1.78. The van der Waals surface area contributed by atoms with Gasteiger partial charge in [-0.15, -0.1) is 0 Å². The summed E-state index contributed by atoms with van der Waals surface area (Å²) in [6.07, 6.45) is 1.88. The predicted octanol–water partition coefficient (Wildman–Crippen LogP) is 2.18. The molecule has 0 saturated carbocycles. The van der Waals surface area contributed by atoms with Gasteiger partial charge in [0.15, 0.2) is 0 Å². The normalized spacial score (nSPS) is 11.1. The number of nitrogens with zero attached hydrogens (tertiary/aromatic N) is 1. The molecule has 1 aromatic heterocycles. The predicted molar refractivity (Wildman–Crippen MR) is 83.7 cm³/mol. The molecule has 0 aliphatic rings. The molecule has 0 atom stereocenters. The summed E-state index contributed by atoms with van der Waals surface area (Å²) >= 11 is 0. The molecule has 21 heavy (non-hydrogen) atoms. The molecule has 0 spiro atoms. The molecule has 0 aromatic carbocycles. The van der Waals surface area contributed by atoms with Crippen molar-refractivity contribution in [2.24, 2.45) is 5.92 Å². The lowest BCUT2D eigenvalue weighted by Gasteiger charge is -2.13. The van der Waals surface area contributed by atoms with Gasteiger partial charge in [-0.2, -0.15) is 0 Å². The Balaban J connectivity index is 2.41. The van der Waals surface area contributed by atoms with Crippen LogP contribution >= 0.6 is 0 Å². The minimum atomic E-state index is 0.532. The van der Waals surface area contributed by atoms with Crippen molar-refractivity contribution in [1.82, 2.24) is 10.3 Å². The molecule has 120 valence electrons. The zero-order chi connectivity index (χ0) is 15.5. The number of pyridine rings is 1. The van der Waals surface area contributed by atoms with E-state index in [1.54, 1.807) is 7.11 Å². The third kappa shape index (κ3) is 7.99. The fourth-order valence-electron chi connectivity index (χ4n) is 1.78. The second-order valence-corrected chi connectivity index (χ2v) is 5.41. The molecular formula is C16H28N2O3. The van der Waals surface area contributed by atoms with Gasteiger partial charge < -0.3 is 19.5 Å². The summed E-state index contributed by atoms with van der Waals surface area (Å²) < 4.78 is 16.1. The van der Waals surface area contributed by atoms with Crippen molar-refractivity contribution in [2.45, 2.75) is 27.3 Å². The van der Waals surface area contributed by atoms with E-state index in [1.807, 2.05) is 19.2 Å². The van der Waals surface area contributed by atoms with Crippen molar-refractivity contribution in [3.8, 4) is 5.75 Å². The van der Waals surface area contributed by atoms with Gasteiger partial charge in [0, 0.05) is 37.2 Å². The number of nitrogens with one attached hydrogen (secondary N) is 1. The topological polar surface area (TPSA) is 52.6 Å². The first kappa shape index (κ1) is 17.9. The molecule has 0 unspecified atom stereocenters. The van der Waals surface area contributed by atoms with Crippen LogP contribution in [0.2, 0.25) is 0 Å². The number of methoxy groups -OCH3 is 1. The monoisotopic (exact) mass is 296 g/mol. The number of hydrogen-bond acceptors (Lipinski definition) is 5. The number of ether oxygens (including phenoxy) is 3. The van der Waals surface area contributed by atoms with Crippen LogP contribution < -0.4 is 10.1 Å². The van der Waals surface area contributed by atoms with Crippen LogP contribution in [0.25, 0.3) is 0 Å². The molecule has 0 aliphatic carbocycles. The Morgan fingerprint density at radius 1 is 1.19 bits per heavy atom. The third-order valence-corrected chi connectivity index (χ3v) is 2.87. The van der Waals surface area contributed by atoms with Crippen molar-refractivity contribution in [1.29, 1.82) is 0 Å². The van der Waals surface area contributed by atoms with E-state index in [9.17, 15) is 0 Å². The lowest BCUT2D eigenvalue weighted by atomic mass is 10.2. The molecule has 0 bridgehead atoms. The zero-order valence-electron chi connectivity index (χ0n) is 13.6. The maximum absolute atomic E-state index is 5.81. The van der Waals surface area contributed by atoms with Gasteiger partial charge in [-0.25, -0.2) is 0 Å². The van der Waals surface area contributed by atoms with E-state index in [4.69, 9.17) is 14.2 Å². The van der Waals surface area contributed by atoms with Gasteiger partial charge in [0.2, 0.25) is 0 Å². The molecule has 0 saturated heterocycles. The van der Waals surface area contributed by atoms with Gasteiger partial charge in [0.25, 0.3) is 0 Å². The molecular weight excluding hydrogens is 268 g/mol. The molecule has 1 heterocycles. The first-order chi connectivity index (χ1) is 10.1. The molecule has 0 amide bonds. The summed E-state index contributed by atoms with van der Waals surface area (Å²) in [6.45, 7) is 10.4. The van der Waals surface area contributed by atoms with Crippen molar-refractivity contribution in [2.75, 3.05) is 40.1 Å². The van der Waals surface area contributed by atoms with E-state index >= 15 is 0 Å². The summed E-state index contributed by atoms with van der Waals surface area (Å²) in [4.78, 5) is 4.34. The van der Waals surface area contributed by atoms with Crippen molar-refractivity contribution in [3.63, 3.8) is 0 Å². The maximum atomic E-state index is 5.81. The minimum Gasteiger partial charge on any atom is -0.491 e. The van der Waals surface area contributed by atoms with Crippen molar-refractivity contribution >= 4 is 0 Å². The highest BCUT2D eigenvalue weighted by Gasteiger charge is 2.05. The Bertz CT molecular complexity index is 397. The number of aromatic nitrogens is 1. The maximum Gasteiger partial charge on any atom is 0.127 e. The van der Waals surface area contributed by atoms with Crippen LogP contribution in [0.5, 0.6) is 5.75 Å². The van der Waals surface area contributed by atoms with E-state index in [-0.39, 0.29) is 0 Å². The summed E-state index contributed by atoms with van der Waals surface area (Å²) in [5.41, 5.74) is 2.04. The number of rotatable bonds is 11. The third-order valence-electron chi connectivity index (χ3n) is 2.87. The Hall–Kier alpha value is -1.17. The smallest absolute Gasteiger partial charge is 0.127 e. The van der Waals surface area contributed by atoms with Crippen molar-refractivity contribution < 1.29 is 14.2 Å². The molecule has 0 radical (unpaired) electrons. The van der Waals surface area contributed by atoms with Gasteiger partial charge in [0.1, 0.15) is 12.4 Å². The van der Waals surface area contributed by atoms with Crippen LogP contribution in [-0.4, -0.2) is 45.1 Å². The minimum absolute atomic E-state index is 0.532. The average Bonchev–Trinajstić information content (AvgIpc) is 2.44. The Morgan fingerprint density at radius 2 is 1.95 bits per heavy atom. The Labute approximate surface area is 128 Å². The summed E-state index contributed by atoms with van der Waals surface area (Å²) in [5, 5.41) is 3.41. The van der Waals surface area contributed by atoms with Crippen LogP contribution in [-0.2, 0) is 16.0 Å². The van der Waals surface area contributed by atoms with E-state index in [0.29, 0.717) is 32.3 Å². The summed E-state index contributed by atoms with van der Waals surface area (Å²) in [5.74, 6) is 1.51. The zero-order valence-corrected chi connectivity index (χ0v) is 13.6. The first-order valence-electron chi connectivity index (χ1n) is 7.49. The Kier molecular flexibility index (Phi) is 8.98. The molecule has 1 rings (SSSR count). The van der Waals surface area contributed by atoms with E-state index < -0.39 is 0 Å². The average molecular weight is 296 g/mol. The highest BCUT2D eigenvalue weighted by molar-refractivity contribution is 5.32. The van der Waals surface area contributed by atoms with Crippen LogP contribution in [0.15, 0.2) is 12.3 Å². The van der Waals surface area contributed by atoms with Crippen molar-refractivity contribution in [3.05, 3.63) is 23.5 Å². The van der Waals surface area contributed by atoms with Crippen LogP contribution in [0.4, 0.5) is 0 Å². The lowest BCUT2D eigenvalue weighted by molar-refractivity contribution is 0.0542. The molecule has 5 nitrogen and oxygen atoms in total. The molecule has 0 fully saturated rings. The van der Waals surface area contributed by atoms with E-state index in [1.165, 1.54) is 0 Å².